The molecule has 0 spiro atoms. The summed E-state index contributed by atoms with van der Waals surface area (Å²) in [6.07, 6.45) is 0. The Bertz CT molecular complexity index is 801. The van der Waals surface area contributed by atoms with Crippen molar-refractivity contribution >= 4 is 11.0 Å². The van der Waals surface area contributed by atoms with Gasteiger partial charge in [0.2, 0.25) is 0 Å². The summed E-state index contributed by atoms with van der Waals surface area (Å²) in [5.74, 6) is 1.11. The Hall–Kier alpha value is -2.76. The van der Waals surface area contributed by atoms with Crippen LogP contribution in [0.4, 0.5) is 4.39 Å². The molecule has 2 N–H and O–H groups in total. The Kier molecular flexibility index (Phi) is 2.50. The summed E-state index contributed by atoms with van der Waals surface area (Å²) in [4.78, 5) is 7.50. The Balaban J connectivity index is 1.86. The zero-order valence-corrected chi connectivity index (χ0v) is 10.9. The smallest absolute Gasteiger partial charge is 0.163 e. The van der Waals surface area contributed by atoms with Crippen LogP contribution in [0.25, 0.3) is 22.4 Å². The van der Waals surface area contributed by atoms with Crippen molar-refractivity contribution in [1.29, 1.82) is 0 Å². The normalized spacial score (nSPS) is 13.6. The summed E-state index contributed by atoms with van der Waals surface area (Å²) in [7, 11) is 0. The predicted molar refractivity (Wildman–Crippen MR) is 74.1 cm³/mol. The van der Waals surface area contributed by atoms with Crippen LogP contribution in [-0.2, 0) is 0 Å². The molecule has 6 heteroatoms. The summed E-state index contributed by atoms with van der Waals surface area (Å²) in [5.41, 5.74) is 1.89. The third-order valence-corrected chi connectivity index (χ3v) is 3.36. The number of halogens is 1. The average molecular weight is 286 g/mol. The van der Waals surface area contributed by atoms with Crippen LogP contribution in [0, 0.1) is 5.82 Å². The van der Waals surface area contributed by atoms with Crippen LogP contribution >= 0.6 is 0 Å². The molecule has 0 atom stereocenters. The topological polar surface area (TPSA) is 67.4 Å². The number of hydrogen-bond acceptors (Lipinski definition) is 4. The number of imidazole rings is 1. The molecule has 0 aliphatic carbocycles. The average Bonchev–Trinajstić information content (AvgIpc) is 2.87. The van der Waals surface area contributed by atoms with Gasteiger partial charge in [0.1, 0.15) is 30.6 Å². The molecule has 4 rings (SSSR count). The molecule has 0 unspecified atom stereocenters. The number of nitrogens with one attached hydrogen (secondary N) is 1. The molecular weight excluding hydrogens is 275 g/mol. The van der Waals surface area contributed by atoms with Crippen LogP contribution in [0.5, 0.6) is 17.2 Å². The van der Waals surface area contributed by atoms with Gasteiger partial charge in [0.05, 0.1) is 16.6 Å². The predicted octanol–water partition coefficient (Wildman–Crippen LogP) is 2.85. The molecule has 1 aliphatic heterocycles. The lowest BCUT2D eigenvalue weighted by atomic mass is 10.2. The van der Waals surface area contributed by atoms with Gasteiger partial charge in [-0.1, -0.05) is 0 Å². The number of phenols is 1. The number of aromatic hydroxyl groups is 1. The Morgan fingerprint density at radius 3 is 2.62 bits per heavy atom. The Morgan fingerprint density at radius 1 is 1.10 bits per heavy atom. The molecule has 0 amide bonds. The summed E-state index contributed by atoms with van der Waals surface area (Å²) in [5, 5.41) is 9.83. The molecule has 1 aromatic heterocycles. The van der Waals surface area contributed by atoms with E-state index in [9.17, 15) is 9.50 Å². The summed E-state index contributed by atoms with van der Waals surface area (Å²) in [6, 6.07) is 7.40. The van der Waals surface area contributed by atoms with E-state index in [1.807, 2.05) is 0 Å². The standard InChI is InChI=1S/C15H11FN2O3/c16-8-1-2-9(12(19)5-8)15-17-10-6-13-14(7-11(10)18-15)21-4-3-20-13/h1-2,5-7,19H,3-4H2,(H,17,18). The third kappa shape index (κ3) is 1.96. The number of nitrogens with zero attached hydrogens (tertiary/aromatic N) is 1. The van der Waals surface area contributed by atoms with E-state index in [4.69, 9.17) is 9.47 Å². The van der Waals surface area contributed by atoms with Gasteiger partial charge in [0.25, 0.3) is 0 Å². The molecule has 0 radical (unpaired) electrons. The first-order valence-corrected chi connectivity index (χ1v) is 6.49. The zero-order valence-electron chi connectivity index (χ0n) is 10.9. The fourth-order valence-electron chi connectivity index (χ4n) is 2.38. The van der Waals surface area contributed by atoms with E-state index < -0.39 is 5.82 Å². The molecule has 1 aliphatic rings. The van der Waals surface area contributed by atoms with Crippen molar-refractivity contribution in [2.75, 3.05) is 13.2 Å². The maximum absolute atomic E-state index is 13.0. The molecule has 0 saturated carbocycles. The molecule has 106 valence electrons. The molecule has 5 nitrogen and oxygen atoms in total. The van der Waals surface area contributed by atoms with Crippen LogP contribution in [0.3, 0.4) is 0 Å². The van der Waals surface area contributed by atoms with Gasteiger partial charge in [0.15, 0.2) is 11.5 Å². The zero-order chi connectivity index (χ0) is 14.4. The number of fused-ring (bicyclic) bond motifs is 2. The fourth-order valence-corrected chi connectivity index (χ4v) is 2.38. The fraction of sp³-hybridized carbons (Fsp3) is 0.133. The number of ether oxygens (including phenoxy) is 2. The SMILES string of the molecule is Oc1cc(F)ccc1-c1nc2cc3c(cc2[nH]1)OCCO3. The summed E-state index contributed by atoms with van der Waals surface area (Å²) in [6.45, 7) is 1.02. The molecule has 0 fully saturated rings. The van der Waals surface area contributed by atoms with E-state index in [-0.39, 0.29) is 5.75 Å². The van der Waals surface area contributed by atoms with Crippen LogP contribution in [0.2, 0.25) is 0 Å². The van der Waals surface area contributed by atoms with Crippen LogP contribution in [0.1, 0.15) is 0 Å². The molecular formula is C15H11FN2O3. The minimum atomic E-state index is -0.496. The summed E-state index contributed by atoms with van der Waals surface area (Å²) >= 11 is 0. The maximum Gasteiger partial charge on any atom is 0.163 e. The first-order chi connectivity index (χ1) is 10.2. The second-order valence-corrected chi connectivity index (χ2v) is 4.76. The van der Waals surface area contributed by atoms with Crippen molar-refractivity contribution in [1.82, 2.24) is 9.97 Å². The van der Waals surface area contributed by atoms with Gasteiger partial charge >= 0.3 is 0 Å². The quantitative estimate of drug-likeness (QED) is 0.722. The monoisotopic (exact) mass is 286 g/mol. The lowest BCUT2D eigenvalue weighted by Gasteiger charge is -2.17. The highest BCUT2D eigenvalue weighted by Crippen LogP contribution is 2.36. The molecule has 0 bridgehead atoms. The molecule has 2 heterocycles. The summed E-state index contributed by atoms with van der Waals surface area (Å²) < 4.78 is 24.1. The van der Waals surface area contributed by atoms with E-state index in [1.165, 1.54) is 12.1 Å². The number of aromatic nitrogens is 2. The molecule has 0 saturated heterocycles. The number of benzene rings is 2. The third-order valence-electron chi connectivity index (χ3n) is 3.36. The largest absolute Gasteiger partial charge is 0.507 e. The highest BCUT2D eigenvalue weighted by Gasteiger charge is 2.16. The van der Waals surface area contributed by atoms with Gasteiger partial charge in [-0.2, -0.15) is 0 Å². The lowest BCUT2D eigenvalue weighted by Crippen LogP contribution is -2.15. The van der Waals surface area contributed by atoms with Crippen LogP contribution in [-0.4, -0.2) is 28.3 Å². The first kappa shape index (κ1) is 12.0. The number of rotatable bonds is 1. The van der Waals surface area contributed by atoms with E-state index in [0.717, 1.165) is 11.6 Å². The van der Waals surface area contributed by atoms with Gasteiger partial charge in [0, 0.05) is 18.2 Å². The number of hydrogen-bond donors (Lipinski definition) is 2. The molecule has 3 aromatic rings. The molecule has 21 heavy (non-hydrogen) atoms. The van der Waals surface area contributed by atoms with Gasteiger partial charge in [-0.3, -0.25) is 0 Å². The van der Waals surface area contributed by atoms with Gasteiger partial charge < -0.3 is 19.6 Å². The van der Waals surface area contributed by atoms with E-state index >= 15 is 0 Å². The second-order valence-electron chi connectivity index (χ2n) is 4.76. The molecule has 2 aromatic carbocycles. The Morgan fingerprint density at radius 2 is 1.86 bits per heavy atom. The van der Waals surface area contributed by atoms with E-state index in [2.05, 4.69) is 9.97 Å². The number of aromatic amines is 1. The second kappa shape index (κ2) is 4.37. The minimum Gasteiger partial charge on any atom is -0.507 e. The number of phenolic OH excluding ortho intramolecular Hbond substituents is 1. The van der Waals surface area contributed by atoms with Gasteiger partial charge in [-0.15, -0.1) is 0 Å². The van der Waals surface area contributed by atoms with E-state index in [1.54, 1.807) is 12.1 Å². The van der Waals surface area contributed by atoms with E-state index in [0.29, 0.717) is 41.6 Å². The lowest BCUT2D eigenvalue weighted by molar-refractivity contribution is 0.172. The minimum absolute atomic E-state index is 0.161. The van der Waals surface area contributed by atoms with Gasteiger partial charge in [-0.05, 0) is 12.1 Å². The van der Waals surface area contributed by atoms with Crippen molar-refractivity contribution in [2.45, 2.75) is 0 Å². The van der Waals surface area contributed by atoms with Crippen molar-refractivity contribution in [3.8, 4) is 28.6 Å². The highest BCUT2D eigenvalue weighted by molar-refractivity contribution is 5.84. The van der Waals surface area contributed by atoms with Gasteiger partial charge in [-0.25, -0.2) is 9.37 Å². The van der Waals surface area contributed by atoms with Crippen LogP contribution in [0.15, 0.2) is 30.3 Å². The van der Waals surface area contributed by atoms with Crippen LogP contribution < -0.4 is 9.47 Å². The maximum atomic E-state index is 13.0. The van der Waals surface area contributed by atoms with Crippen molar-refractivity contribution in [3.63, 3.8) is 0 Å². The van der Waals surface area contributed by atoms with Crippen molar-refractivity contribution in [3.05, 3.63) is 36.1 Å². The Labute approximate surface area is 119 Å². The highest BCUT2D eigenvalue weighted by atomic mass is 19.1. The number of H-pyrrole nitrogens is 1. The van der Waals surface area contributed by atoms with Crippen molar-refractivity contribution < 1.29 is 19.0 Å². The van der Waals surface area contributed by atoms with Crippen molar-refractivity contribution in [2.24, 2.45) is 0 Å². The first-order valence-electron chi connectivity index (χ1n) is 6.49.